The van der Waals surface area contributed by atoms with Gasteiger partial charge in [-0.05, 0) is 13.3 Å². The second-order valence-corrected chi connectivity index (χ2v) is 4.20. The molecule has 0 aromatic carbocycles. The van der Waals surface area contributed by atoms with Crippen molar-refractivity contribution >= 4 is 5.91 Å². The van der Waals surface area contributed by atoms with Gasteiger partial charge in [0.2, 0.25) is 5.91 Å². The van der Waals surface area contributed by atoms with Gasteiger partial charge in [0, 0.05) is 19.8 Å². The molecular formula is C11H18F6N2O2. The van der Waals surface area contributed by atoms with Gasteiger partial charge in [-0.1, -0.05) is 0 Å². The maximum absolute atomic E-state index is 12.3. The minimum Gasteiger partial charge on any atom is -0.382 e. The molecule has 0 spiro atoms. The molecule has 0 aromatic rings. The summed E-state index contributed by atoms with van der Waals surface area (Å²) in [5.41, 5.74) is 0. The first-order valence-corrected chi connectivity index (χ1v) is 6.25. The zero-order valence-corrected chi connectivity index (χ0v) is 11.5. The third-order valence-corrected chi connectivity index (χ3v) is 2.25. The van der Waals surface area contributed by atoms with E-state index in [-0.39, 0.29) is 19.6 Å². The van der Waals surface area contributed by atoms with Crippen molar-refractivity contribution in [2.45, 2.75) is 25.7 Å². The highest BCUT2D eigenvalue weighted by Crippen LogP contribution is 2.17. The molecule has 0 heterocycles. The normalized spacial score (nSPS) is 12.5. The highest BCUT2D eigenvalue weighted by Gasteiger charge is 2.33. The lowest BCUT2D eigenvalue weighted by atomic mass is 10.3. The fraction of sp³-hybridized carbons (Fsp3) is 0.909. The van der Waals surface area contributed by atoms with E-state index in [0.29, 0.717) is 11.5 Å². The molecule has 126 valence electrons. The van der Waals surface area contributed by atoms with Gasteiger partial charge in [-0.2, -0.15) is 26.3 Å². The second kappa shape index (κ2) is 9.08. The van der Waals surface area contributed by atoms with E-state index < -0.39 is 37.9 Å². The van der Waals surface area contributed by atoms with Crippen LogP contribution in [0.4, 0.5) is 26.3 Å². The van der Waals surface area contributed by atoms with Gasteiger partial charge in [0.05, 0.1) is 13.1 Å². The summed E-state index contributed by atoms with van der Waals surface area (Å²) in [6.45, 7) is -1.69. The Kier molecular flexibility index (Phi) is 8.64. The van der Waals surface area contributed by atoms with Gasteiger partial charge >= 0.3 is 12.4 Å². The molecule has 0 aliphatic carbocycles. The highest BCUT2D eigenvalue weighted by molar-refractivity contribution is 5.78. The molecule has 0 radical (unpaired) electrons. The van der Waals surface area contributed by atoms with Crippen molar-refractivity contribution < 1.29 is 35.9 Å². The van der Waals surface area contributed by atoms with Crippen LogP contribution in [0.2, 0.25) is 0 Å². The molecule has 0 bridgehead atoms. The first-order chi connectivity index (χ1) is 9.55. The van der Waals surface area contributed by atoms with Crippen LogP contribution in [-0.2, 0) is 9.53 Å². The fourth-order valence-electron chi connectivity index (χ4n) is 1.43. The number of nitrogens with zero attached hydrogens (tertiary/aromatic N) is 1. The molecule has 0 aliphatic heterocycles. The lowest BCUT2D eigenvalue weighted by Crippen LogP contribution is -2.45. The molecule has 0 aliphatic rings. The van der Waals surface area contributed by atoms with Crippen molar-refractivity contribution in [3.8, 4) is 0 Å². The Morgan fingerprint density at radius 2 is 1.76 bits per heavy atom. The van der Waals surface area contributed by atoms with E-state index in [1.807, 2.05) is 0 Å². The first kappa shape index (κ1) is 20.0. The Labute approximate surface area is 118 Å². The number of nitrogens with one attached hydrogen (secondary N) is 1. The van der Waals surface area contributed by atoms with Crippen molar-refractivity contribution in [3.63, 3.8) is 0 Å². The molecule has 0 rings (SSSR count). The third-order valence-electron chi connectivity index (χ3n) is 2.25. The number of amides is 1. The molecule has 21 heavy (non-hydrogen) atoms. The summed E-state index contributed by atoms with van der Waals surface area (Å²) in [6, 6.07) is 0. The number of alkyl halides is 6. The van der Waals surface area contributed by atoms with E-state index in [2.05, 4.69) is 0 Å². The van der Waals surface area contributed by atoms with Crippen molar-refractivity contribution in [1.29, 1.82) is 0 Å². The van der Waals surface area contributed by atoms with E-state index in [1.165, 1.54) is 0 Å². The molecule has 0 aromatic heterocycles. The van der Waals surface area contributed by atoms with Crippen molar-refractivity contribution in [2.24, 2.45) is 0 Å². The number of hydrogen-bond donors (Lipinski definition) is 1. The van der Waals surface area contributed by atoms with Crippen LogP contribution in [0, 0.1) is 0 Å². The number of ether oxygens (including phenoxy) is 1. The number of carbonyl (C=O) groups is 1. The van der Waals surface area contributed by atoms with Crippen molar-refractivity contribution in [1.82, 2.24) is 10.2 Å². The molecule has 0 atom stereocenters. The molecule has 4 nitrogen and oxygen atoms in total. The van der Waals surface area contributed by atoms with Gasteiger partial charge in [-0.3, -0.25) is 4.79 Å². The monoisotopic (exact) mass is 324 g/mol. The number of halogens is 6. The molecule has 1 N–H and O–H groups in total. The van der Waals surface area contributed by atoms with Crippen molar-refractivity contribution in [3.05, 3.63) is 0 Å². The number of hydrogen-bond acceptors (Lipinski definition) is 3. The van der Waals surface area contributed by atoms with Gasteiger partial charge < -0.3 is 15.0 Å². The summed E-state index contributed by atoms with van der Waals surface area (Å²) in [7, 11) is 0. The lowest BCUT2D eigenvalue weighted by molar-refractivity contribution is -0.161. The minimum absolute atomic E-state index is 0.175. The summed E-state index contributed by atoms with van der Waals surface area (Å²) in [5.74, 6) is -1.03. The fourth-order valence-corrected chi connectivity index (χ4v) is 1.43. The molecular weight excluding hydrogens is 306 g/mol. The van der Waals surface area contributed by atoms with Gasteiger partial charge in [0.15, 0.2) is 0 Å². The highest BCUT2D eigenvalue weighted by atomic mass is 19.4. The zero-order valence-electron chi connectivity index (χ0n) is 11.5. The number of rotatable bonds is 9. The Hall–Kier alpha value is -1.03. The first-order valence-electron chi connectivity index (χ1n) is 6.25. The van der Waals surface area contributed by atoms with Crippen LogP contribution in [0.15, 0.2) is 0 Å². The van der Waals surface area contributed by atoms with Crippen LogP contribution in [0.1, 0.15) is 13.3 Å². The average Bonchev–Trinajstić information content (AvgIpc) is 2.29. The third kappa shape index (κ3) is 12.4. The quantitative estimate of drug-likeness (QED) is 0.521. The largest absolute Gasteiger partial charge is 0.406 e. The maximum Gasteiger partial charge on any atom is 0.406 e. The van der Waals surface area contributed by atoms with E-state index >= 15 is 0 Å². The standard InChI is InChI=1S/C11H18F6N2O2/c1-2-21-5-3-4-19(8-11(15,16)17)9(20)6-18-7-10(12,13)14/h18H,2-8H2,1H3. The van der Waals surface area contributed by atoms with Gasteiger partial charge in [0.25, 0.3) is 0 Å². The average molecular weight is 324 g/mol. The summed E-state index contributed by atoms with van der Waals surface area (Å²) >= 11 is 0. The molecule has 10 heteroatoms. The van der Waals surface area contributed by atoms with Crippen LogP contribution in [0.3, 0.4) is 0 Å². The van der Waals surface area contributed by atoms with Gasteiger partial charge in [-0.15, -0.1) is 0 Å². The molecule has 0 unspecified atom stereocenters. The molecule has 1 amide bonds. The van der Waals surface area contributed by atoms with E-state index in [9.17, 15) is 31.1 Å². The molecule has 0 saturated carbocycles. The molecule has 0 saturated heterocycles. The zero-order chi connectivity index (χ0) is 16.5. The lowest BCUT2D eigenvalue weighted by Gasteiger charge is -2.24. The predicted molar refractivity (Wildman–Crippen MR) is 62.7 cm³/mol. The SMILES string of the molecule is CCOCCCN(CC(F)(F)F)C(=O)CNCC(F)(F)F. The van der Waals surface area contributed by atoms with Crippen LogP contribution in [0.25, 0.3) is 0 Å². The predicted octanol–water partition coefficient (Wildman–Crippen LogP) is 1.96. The molecule has 0 fully saturated rings. The maximum atomic E-state index is 12.3. The Morgan fingerprint density at radius 3 is 2.24 bits per heavy atom. The minimum atomic E-state index is -4.61. The number of carbonyl (C=O) groups excluding carboxylic acids is 1. The van der Waals surface area contributed by atoms with Crippen molar-refractivity contribution in [2.75, 3.05) is 39.4 Å². The van der Waals surface area contributed by atoms with E-state index in [4.69, 9.17) is 4.74 Å². The van der Waals surface area contributed by atoms with Gasteiger partial charge in [0.1, 0.15) is 6.54 Å². The smallest absolute Gasteiger partial charge is 0.382 e. The summed E-state index contributed by atoms with van der Waals surface area (Å²) in [4.78, 5) is 12.0. The Bertz CT molecular complexity index is 306. The van der Waals surface area contributed by atoms with Crippen LogP contribution in [-0.4, -0.2) is 62.6 Å². The second-order valence-electron chi connectivity index (χ2n) is 4.20. The summed E-state index contributed by atoms with van der Waals surface area (Å²) in [6.07, 6.45) is -8.95. The van der Waals surface area contributed by atoms with Crippen LogP contribution >= 0.6 is 0 Å². The summed E-state index contributed by atoms with van der Waals surface area (Å²) < 4.78 is 77.6. The van der Waals surface area contributed by atoms with E-state index in [1.54, 1.807) is 12.2 Å². The van der Waals surface area contributed by atoms with E-state index in [0.717, 1.165) is 0 Å². The Morgan fingerprint density at radius 1 is 1.14 bits per heavy atom. The summed E-state index contributed by atoms with van der Waals surface area (Å²) in [5, 5.41) is 1.78. The van der Waals surface area contributed by atoms with Crippen LogP contribution < -0.4 is 5.32 Å². The van der Waals surface area contributed by atoms with Gasteiger partial charge in [-0.25, -0.2) is 0 Å². The topological polar surface area (TPSA) is 41.6 Å². The Balaban J connectivity index is 4.32. The van der Waals surface area contributed by atoms with Crippen LogP contribution in [0.5, 0.6) is 0 Å².